The van der Waals surface area contributed by atoms with Gasteiger partial charge in [0.25, 0.3) is 0 Å². The number of hydrogen-bond donors (Lipinski definition) is 0. The Morgan fingerprint density at radius 3 is 1.42 bits per heavy atom. The fraction of sp³-hybridized carbons (Fsp3) is 0.429. The highest BCUT2D eigenvalue weighted by molar-refractivity contribution is 5.16. The highest BCUT2D eigenvalue weighted by atomic mass is 16.7. The number of benzene rings is 4. The van der Waals surface area contributed by atoms with Crippen molar-refractivity contribution in [1.29, 1.82) is 0 Å². The largest absolute Gasteiger partial charge is 0.374 e. The van der Waals surface area contributed by atoms with Crippen LogP contribution in [0.4, 0.5) is 0 Å². The van der Waals surface area contributed by atoms with Crippen molar-refractivity contribution in [3.63, 3.8) is 0 Å². The van der Waals surface area contributed by atoms with Gasteiger partial charge in [0.2, 0.25) is 0 Å². The molecule has 0 amide bonds. The molecule has 6 heteroatoms. The van der Waals surface area contributed by atoms with Crippen LogP contribution in [0.3, 0.4) is 0 Å². The highest BCUT2D eigenvalue weighted by Crippen LogP contribution is 2.32. The lowest BCUT2D eigenvalue weighted by Gasteiger charge is -2.46. The molecule has 1 saturated heterocycles. The number of unbranched alkanes of at least 4 members (excludes halogenated alkanes) is 5. The molecule has 1 aliphatic rings. The van der Waals surface area contributed by atoms with Gasteiger partial charge >= 0.3 is 0 Å². The second-order valence-electron chi connectivity index (χ2n) is 12.5. The minimum Gasteiger partial charge on any atom is -0.374 e. The normalized spacial score (nSPS) is 20.9. The smallest absolute Gasteiger partial charge is 0.186 e. The Morgan fingerprint density at radius 1 is 0.458 bits per heavy atom. The molecule has 0 aromatic heterocycles. The van der Waals surface area contributed by atoms with Crippen molar-refractivity contribution in [3.05, 3.63) is 144 Å². The average molecular weight is 653 g/mol. The van der Waals surface area contributed by atoms with Crippen molar-refractivity contribution in [1.82, 2.24) is 0 Å². The molecule has 5 atom stereocenters. The molecule has 0 spiro atoms. The van der Waals surface area contributed by atoms with Gasteiger partial charge in [-0.15, -0.1) is 0 Å². The molecule has 6 nitrogen and oxygen atoms in total. The quantitative estimate of drug-likeness (QED) is 0.0838. The van der Waals surface area contributed by atoms with Crippen molar-refractivity contribution in [3.8, 4) is 0 Å². The van der Waals surface area contributed by atoms with E-state index in [1.807, 2.05) is 72.8 Å². The van der Waals surface area contributed by atoms with E-state index in [1.165, 1.54) is 25.7 Å². The summed E-state index contributed by atoms with van der Waals surface area (Å²) in [6.07, 6.45) is 4.51. The van der Waals surface area contributed by atoms with E-state index >= 15 is 0 Å². The Hall–Kier alpha value is -3.36. The van der Waals surface area contributed by atoms with Crippen molar-refractivity contribution in [2.45, 2.75) is 103 Å². The molecule has 0 bridgehead atoms. The van der Waals surface area contributed by atoms with Gasteiger partial charge in [0.1, 0.15) is 24.4 Å². The summed E-state index contributed by atoms with van der Waals surface area (Å²) in [4.78, 5) is 0. The van der Waals surface area contributed by atoms with Gasteiger partial charge in [0.15, 0.2) is 6.29 Å². The van der Waals surface area contributed by atoms with Crippen LogP contribution in [0.2, 0.25) is 0 Å². The van der Waals surface area contributed by atoms with Gasteiger partial charge in [-0.05, 0) is 28.7 Å². The fourth-order valence-corrected chi connectivity index (χ4v) is 5.96. The minimum atomic E-state index is -0.646. The Balaban J connectivity index is 1.38. The van der Waals surface area contributed by atoms with Gasteiger partial charge in [0.05, 0.1) is 33.0 Å². The summed E-state index contributed by atoms with van der Waals surface area (Å²) in [5.74, 6) is 0. The Bertz CT molecular complexity index is 1370. The molecule has 0 N–H and O–H groups in total. The predicted octanol–water partition coefficient (Wildman–Crippen LogP) is 9.06. The summed E-state index contributed by atoms with van der Waals surface area (Å²) in [6.45, 7) is 4.83. The molecule has 1 unspecified atom stereocenters. The summed E-state index contributed by atoms with van der Waals surface area (Å²) in [5.41, 5.74) is 4.33. The van der Waals surface area contributed by atoms with Crippen LogP contribution >= 0.6 is 0 Å². The first-order valence-corrected chi connectivity index (χ1v) is 17.7. The maximum atomic E-state index is 6.80. The molecule has 5 rings (SSSR count). The van der Waals surface area contributed by atoms with E-state index < -0.39 is 30.7 Å². The minimum absolute atomic E-state index is 0.321. The SMILES string of the molecule is CCCCCCCCOC1O[C@H](COCc2ccccc2)[C@@H](OCc2ccccc2)[C@H](OCc2ccccc2)[C@H]1OCc1ccccc1. The Morgan fingerprint density at radius 2 is 0.896 bits per heavy atom. The summed E-state index contributed by atoms with van der Waals surface area (Å²) in [7, 11) is 0. The summed E-state index contributed by atoms with van der Waals surface area (Å²) in [6, 6.07) is 40.8. The third-order valence-corrected chi connectivity index (χ3v) is 8.62. The van der Waals surface area contributed by atoms with E-state index in [-0.39, 0.29) is 0 Å². The van der Waals surface area contributed by atoms with Crippen LogP contribution in [0.1, 0.15) is 67.7 Å². The van der Waals surface area contributed by atoms with E-state index in [4.69, 9.17) is 28.4 Å². The van der Waals surface area contributed by atoms with E-state index in [9.17, 15) is 0 Å². The van der Waals surface area contributed by atoms with Crippen molar-refractivity contribution >= 4 is 0 Å². The monoisotopic (exact) mass is 652 g/mol. The Labute approximate surface area is 287 Å². The maximum absolute atomic E-state index is 6.80. The van der Waals surface area contributed by atoms with Crippen LogP contribution in [0.5, 0.6) is 0 Å². The zero-order chi connectivity index (χ0) is 33.1. The predicted molar refractivity (Wildman–Crippen MR) is 189 cm³/mol. The molecule has 0 saturated carbocycles. The van der Waals surface area contributed by atoms with Crippen LogP contribution < -0.4 is 0 Å². The van der Waals surface area contributed by atoms with Crippen LogP contribution in [-0.4, -0.2) is 43.9 Å². The van der Waals surface area contributed by atoms with Crippen molar-refractivity contribution in [2.75, 3.05) is 13.2 Å². The van der Waals surface area contributed by atoms with Gasteiger partial charge in [-0.25, -0.2) is 0 Å². The van der Waals surface area contributed by atoms with Gasteiger partial charge in [-0.2, -0.15) is 0 Å². The van der Waals surface area contributed by atoms with Gasteiger partial charge in [0, 0.05) is 6.61 Å². The molecular weight excluding hydrogens is 600 g/mol. The molecule has 0 radical (unpaired) electrons. The topological polar surface area (TPSA) is 55.4 Å². The Kier molecular flexibility index (Phi) is 15.6. The number of rotatable bonds is 21. The van der Waals surface area contributed by atoms with Crippen molar-refractivity contribution < 1.29 is 28.4 Å². The van der Waals surface area contributed by atoms with Crippen LogP contribution in [0.15, 0.2) is 121 Å². The van der Waals surface area contributed by atoms with Crippen LogP contribution in [-0.2, 0) is 54.8 Å². The van der Waals surface area contributed by atoms with Crippen molar-refractivity contribution in [2.24, 2.45) is 0 Å². The molecule has 48 heavy (non-hydrogen) atoms. The first kappa shape index (κ1) is 35.9. The summed E-state index contributed by atoms with van der Waals surface area (Å²) < 4.78 is 39.8. The van der Waals surface area contributed by atoms with E-state index in [1.54, 1.807) is 0 Å². The van der Waals surface area contributed by atoms with Gasteiger partial charge < -0.3 is 28.4 Å². The lowest BCUT2D eigenvalue weighted by Crippen LogP contribution is -2.61. The molecule has 0 aliphatic carbocycles. The lowest BCUT2D eigenvalue weighted by atomic mass is 9.97. The van der Waals surface area contributed by atoms with Crippen LogP contribution in [0.25, 0.3) is 0 Å². The maximum Gasteiger partial charge on any atom is 0.186 e. The zero-order valence-corrected chi connectivity index (χ0v) is 28.4. The molecule has 1 aliphatic heterocycles. The third-order valence-electron chi connectivity index (χ3n) is 8.62. The molecule has 256 valence electrons. The van der Waals surface area contributed by atoms with Gasteiger partial charge in [-0.3, -0.25) is 0 Å². The molecular formula is C42H52O6. The molecule has 4 aromatic rings. The summed E-state index contributed by atoms with van der Waals surface area (Å²) in [5, 5.41) is 0. The van der Waals surface area contributed by atoms with Gasteiger partial charge in [-0.1, -0.05) is 160 Å². The second-order valence-corrected chi connectivity index (χ2v) is 12.5. The van der Waals surface area contributed by atoms with E-state index in [0.717, 1.165) is 35.1 Å². The first-order valence-electron chi connectivity index (χ1n) is 17.7. The third kappa shape index (κ3) is 12.0. The number of ether oxygens (including phenoxy) is 6. The highest BCUT2D eigenvalue weighted by Gasteiger charge is 2.49. The summed E-state index contributed by atoms with van der Waals surface area (Å²) >= 11 is 0. The zero-order valence-electron chi connectivity index (χ0n) is 28.4. The second kappa shape index (κ2) is 20.9. The average Bonchev–Trinajstić information content (AvgIpc) is 3.14. The first-order chi connectivity index (χ1) is 23.8. The molecule has 1 heterocycles. The number of hydrogen-bond acceptors (Lipinski definition) is 6. The van der Waals surface area contributed by atoms with E-state index in [0.29, 0.717) is 39.6 Å². The fourth-order valence-electron chi connectivity index (χ4n) is 5.96. The lowest BCUT2D eigenvalue weighted by molar-refractivity contribution is -0.328. The van der Waals surface area contributed by atoms with Crippen LogP contribution in [0, 0.1) is 0 Å². The standard InChI is InChI=1S/C42H52O6/c1-2-3-4-5-6-19-28-44-42-41(47-32-37-26-17-10-18-27-37)40(46-31-36-24-15-9-16-25-36)39(45-30-35-22-13-8-14-23-35)38(48-42)33-43-29-34-20-11-7-12-21-34/h7-18,20-27,38-42H,2-6,19,28-33H2,1H3/t38-,39-,40+,41-,42?/m1/s1. The van der Waals surface area contributed by atoms with E-state index in [2.05, 4.69) is 55.5 Å². The molecule has 4 aromatic carbocycles. The molecule has 1 fully saturated rings.